The lowest BCUT2D eigenvalue weighted by Gasteiger charge is -2.19. The number of sulfonamides is 1. The highest BCUT2D eigenvalue weighted by Gasteiger charge is 2.21. The summed E-state index contributed by atoms with van der Waals surface area (Å²) >= 11 is 0. The fourth-order valence-corrected chi connectivity index (χ4v) is 4.11. The van der Waals surface area contributed by atoms with Crippen molar-refractivity contribution in [2.24, 2.45) is 5.10 Å². The van der Waals surface area contributed by atoms with Crippen LogP contribution in [-0.4, -0.2) is 47.3 Å². The Bertz CT molecular complexity index is 1300. The minimum Gasteiger partial charge on any atom is -0.482 e. The fraction of sp³-hybridized carbons (Fsp3) is 0.160. The highest BCUT2D eigenvalue weighted by atomic mass is 32.2. The first-order valence-electron chi connectivity index (χ1n) is 10.5. The summed E-state index contributed by atoms with van der Waals surface area (Å²) in [4.78, 5) is 23.7. The number of carbonyl (C=O) groups excluding carboxylic acids is 2. The first-order chi connectivity index (χ1) is 16.7. The predicted octanol–water partition coefficient (Wildman–Crippen LogP) is 3.14. The van der Waals surface area contributed by atoms with Crippen molar-refractivity contribution in [1.82, 2.24) is 5.43 Å². The van der Waals surface area contributed by atoms with Gasteiger partial charge in [-0.25, -0.2) is 18.6 Å². The number of aryl methyl sites for hydroxylation is 1. The van der Waals surface area contributed by atoms with Gasteiger partial charge in [0.25, 0.3) is 15.9 Å². The summed E-state index contributed by atoms with van der Waals surface area (Å²) in [5, 5.41) is 3.93. The number of nitrogens with zero attached hydrogens (tertiary/aromatic N) is 2. The highest BCUT2D eigenvalue weighted by Crippen LogP contribution is 2.22. The minimum absolute atomic E-state index is 0.185. The third kappa shape index (κ3) is 6.67. The number of esters is 1. The van der Waals surface area contributed by atoms with Crippen molar-refractivity contribution in [3.63, 3.8) is 0 Å². The van der Waals surface area contributed by atoms with Gasteiger partial charge in [0.05, 0.1) is 23.9 Å². The second-order valence-corrected chi connectivity index (χ2v) is 9.43. The summed E-state index contributed by atoms with van der Waals surface area (Å²) in [6.07, 6.45) is 1.46. The molecule has 1 N–H and O–H groups in total. The van der Waals surface area contributed by atoms with Crippen LogP contribution in [0.2, 0.25) is 0 Å². The lowest BCUT2D eigenvalue weighted by Crippen LogP contribution is -2.26. The van der Waals surface area contributed by atoms with E-state index in [0.717, 1.165) is 9.87 Å². The number of nitrogens with one attached hydrogen (secondary N) is 1. The minimum atomic E-state index is -3.72. The molecule has 0 aliphatic carbocycles. The van der Waals surface area contributed by atoms with Gasteiger partial charge in [-0.2, -0.15) is 5.10 Å². The molecule has 0 saturated heterocycles. The first kappa shape index (κ1) is 25.4. The van der Waals surface area contributed by atoms with Crippen LogP contribution >= 0.6 is 0 Å². The lowest BCUT2D eigenvalue weighted by atomic mass is 10.2. The molecule has 9 nitrogen and oxygen atoms in total. The maximum Gasteiger partial charge on any atom is 0.343 e. The number of rotatable bonds is 9. The van der Waals surface area contributed by atoms with E-state index < -0.39 is 21.9 Å². The fourth-order valence-electron chi connectivity index (χ4n) is 2.91. The van der Waals surface area contributed by atoms with Gasteiger partial charge in [-0.1, -0.05) is 17.7 Å². The van der Waals surface area contributed by atoms with Gasteiger partial charge in [0.1, 0.15) is 5.75 Å². The van der Waals surface area contributed by atoms with Gasteiger partial charge >= 0.3 is 5.97 Å². The van der Waals surface area contributed by atoms with E-state index in [9.17, 15) is 18.0 Å². The van der Waals surface area contributed by atoms with Gasteiger partial charge in [0, 0.05) is 12.6 Å². The van der Waals surface area contributed by atoms with Crippen LogP contribution in [-0.2, 0) is 19.6 Å². The smallest absolute Gasteiger partial charge is 0.343 e. The molecule has 0 heterocycles. The normalized spacial score (nSPS) is 11.2. The van der Waals surface area contributed by atoms with E-state index in [1.165, 1.54) is 32.5 Å². The largest absolute Gasteiger partial charge is 0.482 e. The number of benzene rings is 3. The van der Waals surface area contributed by atoms with Gasteiger partial charge in [0.2, 0.25) is 0 Å². The molecule has 0 bridgehead atoms. The van der Waals surface area contributed by atoms with E-state index in [4.69, 9.17) is 4.74 Å². The number of methoxy groups -OCH3 is 1. The second-order valence-electron chi connectivity index (χ2n) is 7.47. The quantitative estimate of drug-likeness (QED) is 0.277. The molecule has 3 rings (SSSR count). The van der Waals surface area contributed by atoms with Crippen LogP contribution in [0.4, 0.5) is 5.69 Å². The number of carbonyl (C=O) groups is 2. The Hall–Kier alpha value is -4.18. The molecule has 182 valence electrons. The van der Waals surface area contributed by atoms with Crippen molar-refractivity contribution in [3.8, 4) is 5.75 Å². The van der Waals surface area contributed by atoms with Crippen LogP contribution in [0.3, 0.4) is 0 Å². The van der Waals surface area contributed by atoms with Crippen molar-refractivity contribution in [2.45, 2.75) is 11.8 Å². The zero-order valence-corrected chi connectivity index (χ0v) is 20.3. The van der Waals surface area contributed by atoms with Crippen molar-refractivity contribution in [3.05, 3.63) is 89.5 Å². The van der Waals surface area contributed by atoms with Gasteiger partial charge in [-0.15, -0.1) is 0 Å². The molecular formula is C25H25N3O6S. The number of amides is 1. The van der Waals surface area contributed by atoms with Gasteiger partial charge in [0.15, 0.2) is 6.61 Å². The van der Waals surface area contributed by atoms with Gasteiger partial charge in [-0.3, -0.25) is 9.10 Å². The summed E-state index contributed by atoms with van der Waals surface area (Å²) in [6, 6.07) is 19.5. The van der Waals surface area contributed by atoms with Gasteiger partial charge in [-0.05, 0) is 73.2 Å². The number of hydrogen-bond donors (Lipinski definition) is 1. The van der Waals surface area contributed by atoms with Crippen molar-refractivity contribution in [1.29, 1.82) is 0 Å². The molecule has 0 aliphatic rings. The average molecular weight is 496 g/mol. The monoisotopic (exact) mass is 495 g/mol. The molecule has 0 saturated carbocycles. The standard InChI is InChI=1S/C25H25N3O6S/c1-18-4-14-23(15-5-18)35(31,32)28(2)21-10-8-20(9-11-21)25(30)27-26-16-19-6-12-22(13-7-19)34-17-24(29)33-3/h4-16H,17H2,1-3H3,(H,27,30)/b26-16-. The zero-order valence-electron chi connectivity index (χ0n) is 19.5. The van der Waals surface area contributed by atoms with Crippen LogP contribution in [0, 0.1) is 6.92 Å². The molecule has 0 unspecified atom stereocenters. The summed E-state index contributed by atoms with van der Waals surface area (Å²) in [5.41, 5.74) is 4.83. The van der Waals surface area contributed by atoms with E-state index in [0.29, 0.717) is 22.6 Å². The molecule has 0 radical (unpaired) electrons. The Morgan fingerprint density at radius 3 is 2.20 bits per heavy atom. The molecule has 0 spiro atoms. The van der Waals surface area contributed by atoms with Crippen molar-refractivity contribution in [2.75, 3.05) is 25.1 Å². The van der Waals surface area contributed by atoms with Crippen molar-refractivity contribution < 1.29 is 27.5 Å². The van der Waals surface area contributed by atoms with Gasteiger partial charge < -0.3 is 9.47 Å². The molecule has 35 heavy (non-hydrogen) atoms. The number of hydrazone groups is 1. The third-order valence-corrected chi connectivity index (χ3v) is 6.82. The molecule has 3 aromatic rings. The SMILES string of the molecule is COC(=O)COc1ccc(/C=N\NC(=O)c2ccc(N(C)S(=O)(=O)c3ccc(C)cc3)cc2)cc1. The molecular weight excluding hydrogens is 470 g/mol. The molecule has 10 heteroatoms. The summed E-state index contributed by atoms with van der Waals surface area (Å²) in [6.45, 7) is 1.70. The predicted molar refractivity (Wildman–Crippen MR) is 132 cm³/mol. The first-order valence-corrected chi connectivity index (χ1v) is 11.9. The second kappa shape index (κ2) is 11.3. The third-order valence-electron chi connectivity index (χ3n) is 5.02. The summed E-state index contributed by atoms with van der Waals surface area (Å²) in [5.74, 6) is -0.438. The van der Waals surface area contributed by atoms with E-state index in [-0.39, 0.29) is 11.5 Å². The Morgan fingerprint density at radius 2 is 1.60 bits per heavy atom. The van der Waals surface area contributed by atoms with E-state index in [1.54, 1.807) is 60.7 Å². The molecule has 0 aliphatic heterocycles. The maximum absolute atomic E-state index is 12.8. The number of hydrogen-bond acceptors (Lipinski definition) is 7. The van der Waals surface area contributed by atoms with Crippen LogP contribution < -0.4 is 14.5 Å². The Balaban J connectivity index is 1.58. The Kier molecular flexibility index (Phi) is 8.21. The Morgan fingerprint density at radius 1 is 0.971 bits per heavy atom. The number of anilines is 1. The molecule has 3 aromatic carbocycles. The summed E-state index contributed by atoms with van der Waals surface area (Å²) < 4.78 is 36.6. The maximum atomic E-state index is 12.8. The highest BCUT2D eigenvalue weighted by molar-refractivity contribution is 7.92. The molecule has 0 aromatic heterocycles. The summed E-state index contributed by atoms with van der Waals surface area (Å²) in [7, 11) is -0.982. The van der Waals surface area contributed by atoms with Crippen LogP contribution in [0.1, 0.15) is 21.5 Å². The molecule has 0 fully saturated rings. The number of ether oxygens (including phenoxy) is 2. The topological polar surface area (TPSA) is 114 Å². The Labute approximate surface area is 204 Å². The lowest BCUT2D eigenvalue weighted by molar-refractivity contribution is -0.142. The van der Waals surface area contributed by atoms with E-state index in [2.05, 4.69) is 15.3 Å². The zero-order chi connectivity index (χ0) is 25.4. The van der Waals surface area contributed by atoms with E-state index in [1.807, 2.05) is 6.92 Å². The molecule has 0 atom stereocenters. The van der Waals surface area contributed by atoms with Crippen LogP contribution in [0.15, 0.2) is 82.8 Å². The van der Waals surface area contributed by atoms with Crippen LogP contribution in [0.5, 0.6) is 5.75 Å². The van der Waals surface area contributed by atoms with Crippen molar-refractivity contribution >= 4 is 33.8 Å². The molecule has 1 amide bonds. The van der Waals surface area contributed by atoms with E-state index >= 15 is 0 Å². The van der Waals surface area contributed by atoms with Crippen LogP contribution in [0.25, 0.3) is 0 Å². The average Bonchev–Trinajstić information content (AvgIpc) is 2.87.